The Kier molecular flexibility index (Phi) is 8.53. The molecule has 0 fully saturated rings. The van der Waals surface area contributed by atoms with Crippen molar-refractivity contribution in [3.63, 3.8) is 0 Å². The molecule has 37 heavy (non-hydrogen) atoms. The van der Waals surface area contributed by atoms with Crippen molar-refractivity contribution >= 4 is 23.6 Å². The zero-order valence-electron chi connectivity index (χ0n) is 20.1. The highest BCUT2D eigenvalue weighted by atomic mass is 32.2. The fourth-order valence-corrected chi connectivity index (χ4v) is 4.58. The lowest BCUT2D eigenvalue weighted by molar-refractivity contribution is 0.0946. The number of hydrogen-bond acceptors (Lipinski definition) is 6. The Morgan fingerprint density at radius 1 is 0.919 bits per heavy atom. The van der Waals surface area contributed by atoms with Gasteiger partial charge in [-0.05, 0) is 54.4 Å². The van der Waals surface area contributed by atoms with Gasteiger partial charge in [-0.1, -0.05) is 48.2 Å². The maximum atomic E-state index is 13.0. The molecule has 0 bridgehead atoms. The van der Waals surface area contributed by atoms with E-state index in [0.717, 1.165) is 15.4 Å². The SMILES string of the molecule is CNC(=O)c1cc(Oc2cccc(CCNC(=O)c3ccccc3Sc3ccccc3C#N)c2)ccn1. The zero-order chi connectivity index (χ0) is 26.0. The van der Waals surface area contributed by atoms with Gasteiger partial charge in [-0.25, -0.2) is 0 Å². The van der Waals surface area contributed by atoms with Crippen LogP contribution in [-0.4, -0.2) is 30.4 Å². The third-order valence-electron chi connectivity index (χ3n) is 5.38. The fraction of sp³-hybridized carbons (Fsp3) is 0.103. The number of nitrogens with zero attached hydrogens (tertiary/aromatic N) is 2. The van der Waals surface area contributed by atoms with E-state index in [0.29, 0.717) is 35.6 Å². The third kappa shape index (κ3) is 6.75. The van der Waals surface area contributed by atoms with Crippen molar-refractivity contribution in [3.8, 4) is 17.6 Å². The fourth-order valence-electron chi connectivity index (χ4n) is 3.55. The molecule has 0 spiro atoms. The van der Waals surface area contributed by atoms with E-state index < -0.39 is 0 Å². The van der Waals surface area contributed by atoms with Crippen LogP contribution in [0.15, 0.2) is 101 Å². The molecule has 1 aromatic heterocycles. The van der Waals surface area contributed by atoms with Gasteiger partial charge in [0.25, 0.3) is 11.8 Å². The van der Waals surface area contributed by atoms with Gasteiger partial charge in [0.1, 0.15) is 23.3 Å². The maximum Gasteiger partial charge on any atom is 0.269 e. The van der Waals surface area contributed by atoms with E-state index in [4.69, 9.17) is 4.74 Å². The molecule has 4 rings (SSSR count). The number of amides is 2. The van der Waals surface area contributed by atoms with E-state index in [9.17, 15) is 14.9 Å². The van der Waals surface area contributed by atoms with Crippen LogP contribution in [0.25, 0.3) is 0 Å². The van der Waals surface area contributed by atoms with Gasteiger partial charge in [0.15, 0.2) is 0 Å². The normalized spacial score (nSPS) is 10.3. The minimum Gasteiger partial charge on any atom is -0.457 e. The number of carbonyl (C=O) groups excluding carboxylic acids is 2. The Morgan fingerprint density at radius 3 is 2.49 bits per heavy atom. The molecule has 8 heteroatoms. The van der Waals surface area contributed by atoms with E-state index in [2.05, 4.69) is 21.7 Å². The number of aromatic nitrogens is 1. The van der Waals surface area contributed by atoms with Crippen LogP contribution < -0.4 is 15.4 Å². The van der Waals surface area contributed by atoms with Gasteiger partial charge in [-0.3, -0.25) is 14.6 Å². The molecule has 4 aromatic rings. The van der Waals surface area contributed by atoms with Crippen molar-refractivity contribution in [1.82, 2.24) is 15.6 Å². The first-order valence-electron chi connectivity index (χ1n) is 11.6. The Morgan fingerprint density at radius 2 is 1.68 bits per heavy atom. The number of hydrogen-bond donors (Lipinski definition) is 2. The largest absolute Gasteiger partial charge is 0.457 e. The first kappa shape index (κ1) is 25.5. The van der Waals surface area contributed by atoms with Gasteiger partial charge in [-0.15, -0.1) is 0 Å². The molecule has 2 N–H and O–H groups in total. The van der Waals surface area contributed by atoms with Crippen LogP contribution in [0.4, 0.5) is 0 Å². The summed E-state index contributed by atoms with van der Waals surface area (Å²) < 4.78 is 5.91. The minimum atomic E-state index is -0.288. The van der Waals surface area contributed by atoms with Crippen molar-refractivity contribution in [1.29, 1.82) is 5.26 Å². The summed E-state index contributed by atoms with van der Waals surface area (Å²) in [6.07, 6.45) is 2.13. The summed E-state index contributed by atoms with van der Waals surface area (Å²) in [6.45, 7) is 0.437. The number of carbonyl (C=O) groups is 2. The molecule has 0 aliphatic carbocycles. The summed E-state index contributed by atoms with van der Waals surface area (Å²) in [5.41, 5.74) is 2.39. The monoisotopic (exact) mass is 508 g/mol. The molecule has 0 saturated carbocycles. The molecule has 3 aromatic carbocycles. The van der Waals surface area contributed by atoms with E-state index >= 15 is 0 Å². The number of rotatable bonds is 9. The molecule has 2 amide bonds. The van der Waals surface area contributed by atoms with E-state index in [1.807, 2.05) is 60.7 Å². The van der Waals surface area contributed by atoms with Crippen LogP contribution in [-0.2, 0) is 6.42 Å². The van der Waals surface area contributed by atoms with E-state index in [-0.39, 0.29) is 17.5 Å². The predicted molar refractivity (Wildman–Crippen MR) is 142 cm³/mol. The summed E-state index contributed by atoms with van der Waals surface area (Å²) in [4.78, 5) is 30.4. The summed E-state index contributed by atoms with van der Waals surface area (Å²) in [6, 6.07) is 27.7. The van der Waals surface area contributed by atoms with E-state index in [1.54, 1.807) is 31.3 Å². The molecular formula is C29H24N4O3S. The van der Waals surface area contributed by atoms with Crippen molar-refractivity contribution in [2.24, 2.45) is 0 Å². The second-order valence-electron chi connectivity index (χ2n) is 7.92. The van der Waals surface area contributed by atoms with Crippen LogP contribution in [0.5, 0.6) is 11.5 Å². The van der Waals surface area contributed by atoms with Gasteiger partial charge in [0, 0.05) is 35.6 Å². The second kappa shape index (κ2) is 12.4. The quantitative estimate of drug-likeness (QED) is 0.321. The molecule has 0 saturated heterocycles. The summed E-state index contributed by atoms with van der Waals surface area (Å²) in [5, 5.41) is 14.9. The van der Waals surface area contributed by atoms with Crippen molar-refractivity contribution < 1.29 is 14.3 Å². The topological polar surface area (TPSA) is 104 Å². The van der Waals surface area contributed by atoms with Gasteiger partial charge in [0.2, 0.25) is 0 Å². The highest BCUT2D eigenvalue weighted by molar-refractivity contribution is 7.99. The average Bonchev–Trinajstić information content (AvgIpc) is 2.93. The molecule has 7 nitrogen and oxygen atoms in total. The van der Waals surface area contributed by atoms with E-state index in [1.165, 1.54) is 18.0 Å². The molecule has 0 radical (unpaired) electrons. The van der Waals surface area contributed by atoms with Crippen LogP contribution >= 0.6 is 11.8 Å². The molecule has 184 valence electrons. The average molecular weight is 509 g/mol. The zero-order valence-corrected chi connectivity index (χ0v) is 20.9. The minimum absolute atomic E-state index is 0.177. The molecular weight excluding hydrogens is 484 g/mol. The van der Waals surface area contributed by atoms with Gasteiger partial charge in [0.05, 0.1) is 11.1 Å². The van der Waals surface area contributed by atoms with Gasteiger partial charge in [-0.2, -0.15) is 5.26 Å². The maximum absolute atomic E-state index is 13.0. The van der Waals surface area contributed by atoms with Crippen LogP contribution in [0.2, 0.25) is 0 Å². The lowest BCUT2D eigenvalue weighted by Crippen LogP contribution is -2.26. The molecule has 1 heterocycles. The smallest absolute Gasteiger partial charge is 0.269 e. The number of nitriles is 1. The number of pyridine rings is 1. The Bertz CT molecular complexity index is 1470. The van der Waals surface area contributed by atoms with Crippen molar-refractivity contribution in [3.05, 3.63) is 114 Å². The summed E-state index contributed by atoms with van der Waals surface area (Å²) in [5.74, 6) is 0.662. The predicted octanol–water partition coefficient (Wildman–Crippen LogP) is 5.23. The Labute approximate surface area is 219 Å². The number of benzene rings is 3. The van der Waals surface area contributed by atoms with Crippen LogP contribution in [0.3, 0.4) is 0 Å². The Balaban J connectivity index is 1.38. The molecule has 0 aliphatic rings. The van der Waals surface area contributed by atoms with Gasteiger partial charge < -0.3 is 15.4 Å². The first-order chi connectivity index (χ1) is 18.1. The second-order valence-corrected chi connectivity index (χ2v) is 9.00. The molecule has 0 aliphatic heterocycles. The third-order valence-corrected chi connectivity index (χ3v) is 6.54. The molecule has 0 atom stereocenters. The number of ether oxygens (including phenoxy) is 1. The summed E-state index contributed by atoms with van der Waals surface area (Å²) >= 11 is 1.40. The Hall–Kier alpha value is -4.61. The van der Waals surface area contributed by atoms with Crippen LogP contribution in [0, 0.1) is 11.3 Å². The number of nitrogens with one attached hydrogen (secondary N) is 2. The van der Waals surface area contributed by atoms with Gasteiger partial charge >= 0.3 is 0 Å². The highest BCUT2D eigenvalue weighted by Gasteiger charge is 2.13. The van der Waals surface area contributed by atoms with Crippen LogP contribution in [0.1, 0.15) is 32.0 Å². The molecule has 0 unspecified atom stereocenters. The first-order valence-corrected chi connectivity index (χ1v) is 12.4. The lowest BCUT2D eigenvalue weighted by atomic mass is 10.1. The van der Waals surface area contributed by atoms with Crippen molar-refractivity contribution in [2.45, 2.75) is 16.2 Å². The van der Waals surface area contributed by atoms with Crippen molar-refractivity contribution in [2.75, 3.05) is 13.6 Å². The summed E-state index contributed by atoms with van der Waals surface area (Å²) in [7, 11) is 1.55. The highest BCUT2D eigenvalue weighted by Crippen LogP contribution is 2.32. The standard InChI is InChI=1S/C29H24N4O3S/c1-31-29(35)25-18-23(14-16-32-25)36-22-9-6-7-20(17-22)13-15-33-28(34)24-10-3-5-12-27(24)37-26-11-4-2-8-21(26)19-30/h2-12,14,16-18H,13,15H2,1H3,(H,31,35)(H,33,34). The lowest BCUT2D eigenvalue weighted by Gasteiger charge is -2.11.